The summed E-state index contributed by atoms with van der Waals surface area (Å²) in [6.07, 6.45) is 2.26. The number of carboxylic acid groups (broad SMARTS) is 2. The number of thioether (sulfide) groups is 1. The summed E-state index contributed by atoms with van der Waals surface area (Å²) >= 11 is 1.60. The summed E-state index contributed by atoms with van der Waals surface area (Å²) in [5, 5.41) is 19.9. The van der Waals surface area contributed by atoms with Crippen LogP contribution in [0.5, 0.6) is 0 Å². The van der Waals surface area contributed by atoms with E-state index in [4.69, 9.17) is 10.2 Å². The van der Waals surface area contributed by atoms with Gasteiger partial charge < -0.3 is 20.4 Å². The van der Waals surface area contributed by atoms with E-state index in [1.807, 2.05) is 13.2 Å². The summed E-state index contributed by atoms with van der Waals surface area (Å²) in [5.74, 6) is -1.56. The average Bonchev–Trinajstić information content (AvgIpc) is 2.39. The minimum absolute atomic E-state index is 0.0129. The SMILES string of the molecule is CCC(CSC)N(C)C(=O)N[C@@H](CCC(=O)O)C(=O)O. The van der Waals surface area contributed by atoms with Crippen molar-refractivity contribution in [1.29, 1.82) is 0 Å². The zero-order valence-corrected chi connectivity index (χ0v) is 12.8. The monoisotopic (exact) mass is 306 g/mol. The minimum Gasteiger partial charge on any atom is -0.481 e. The number of amides is 2. The molecule has 2 atom stereocenters. The van der Waals surface area contributed by atoms with Crippen LogP contribution in [0.15, 0.2) is 0 Å². The Morgan fingerprint density at radius 1 is 1.30 bits per heavy atom. The van der Waals surface area contributed by atoms with E-state index in [2.05, 4.69) is 5.32 Å². The van der Waals surface area contributed by atoms with Gasteiger partial charge >= 0.3 is 18.0 Å². The fraction of sp³-hybridized carbons (Fsp3) is 0.750. The van der Waals surface area contributed by atoms with Gasteiger partial charge in [-0.15, -0.1) is 0 Å². The maximum Gasteiger partial charge on any atom is 0.326 e. The number of rotatable bonds is 9. The molecule has 0 saturated carbocycles. The lowest BCUT2D eigenvalue weighted by molar-refractivity contribution is -0.140. The Labute approximate surface area is 122 Å². The van der Waals surface area contributed by atoms with Crippen LogP contribution in [0.3, 0.4) is 0 Å². The third-order valence-corrected chi connectivity index (χ3v) is 3.66. The lowest BCUT2D eigenvalue weighted by atomic mass is 10.1. The van der Waals surface area contributed by atoms with Gasteiger partial charge in [0, 0.05) is 25.3 Å². The Kier molecular flexibility index (Phi) is 8.78. The molecule has 0 aromatic carbocycles. The second-order valence-electron chi connectivity index (χ2n) is 4.40. The molecule has 0 heterocycles. The van der Waals surface area contributed by atoms with Gasteiger partial charge in [0.1, 0.15) is 6.04 Å². The lowest BCUT2D eigenvalue weighted by Gasteiger charge is -2.28. The van der Waals surface area contributed by atoms with Crippen LogP contribution in [-0.2, 0) is 9.59 Å². The molecule has 0 bridgehead atoms. The van der Waals surface area contributed by atoms with Crippen molar-refractivity contribution < 1.29 is 24.6 Å². The van der Waals surface area contributed by atoms with Crippen molar-refractivity contribution in [2.24, 2.45) is 0 Å². The van der Waals surface area contributed by atoms with E-state index in [0.29, 0.717) is 0 Å². The number of carbonyl (C=O) groups excluding carboxylic acids is 1. The normalized spacial score (nSPS) is 13.3. The molecule has 0 radical (unpaired) electrons. The lowest BCUT2D eigenvalue weighted by Crippen LogP contribution is -2.50. The summed E-state index contributed by atoms with van der Waals surface area (Å²) in [5.41, 5.74) is 0. The van der Waals surface area contributed by atoms with Gasteiger partial charge in [-0.3, -0.25) is 4.79 Å². The van der Waals surface area contributed by atoms with Gasteiger partial charge in [0.15, 0.2) is 0 Å². The Hall–Kier alpha value is -1.44. The third-order valence-electron chi connectivity index (χ3n) is 2.94. The molecule has 3 N–H and O–H groups in total. The fourth-order valence-corrected chi connectivity index (χ4v) is 2.48. The number of urea groups is 1. The molecule has 0 aliphatic heterocycles. The van der Waals surface area contributed by atoms with E-state index >= 15 is 0 Å². The van der Waals surface area contributed by atoms with Crippen LogP contribution in [0, 0.1) is 0 Å². The highest BCUT2D eigenvalue weighted by Crippen LogP contribution is 2.09. The summed E-state index contributed by atoms with van der Waals surface area (Å²) in [4.78, 5) is 34.9. The van der Waals surface area contributed by atoms with Crippen molar-refractivity contribution in [2.45, 2.75) is 38.3 Å². The number of aliphatic carboxylic acids is 2. The van der Waals surface area contributed by atoms with Gasteiger partial charge in [0.05, 0.1) is 0 Å². The standard InChI is InChI=1S/C12H22N2O5S/c1-4-8(7-20-3)14(2)12(19)13-9(11(17)18)5-6-10(15)16/h8-9H,4-7H2,1-3H3,(H,13,19)(H,15,16)(H,17,18)/t8?,9-/m0/s1. The highest BCUT2D eigenvalue weighted by atomic mass is 32.2. The molecular formula is C12H22N2O5S. The number of hydrogen-bond donors (Lipinski definition) is 3. The van der Waals surface area contributed by atoms with Crippen molar-refractivity contribution >= 4 is 29.7 Å². The van der Waals surface area contributed by atoms with Gasteiger partial charge in [-0.05, 0) is 19.1 Å². The molecule has 0 spiro atoms. The molecule has 0 saturated heterocycles. The number of nitrogens with one attached hydrogen (secondary N) is 1. The molecule has 0 rings (SSSR count). The van der Waals surface area contributed by atoms with E-state index in [1.165, 1.54) is 4.90 Å². The van der Waals surface area contributed by atoms with Crippen LogP contribution in [0.25, 0.3) is 0 Å². The molecule has 8 heteroatoms. The van der Waals surface area contributed by atoms with Gasteiger partial charge in [-0.25, -0.2) is 9.59 Å². The Morgan fingerprint density at radius 3 is 2.30 bits per heavy atom. The number of carboxylic acids is 2. The topological polar surface area (TPSA) is 107 Å². The van der Waals surface area contributed by atoms with E-state index < -0.39 is 24.0 Å². The molecule has 0 fully saturated rings. The molecule has 0 aliphatic rings. The third kappa shape index (κ3) is 6.65. The maximum absolute atomic E-state index is 12.0. The molecule has 1 unspecified atom stereocenters. The van der Waals surface area contributed by atoms with E-state index in [1.54, 1.807) is 18.8 Å². The highest BCUT2D eigenvalue weighted by Gasteiger charge is 2.25. The molecule has 7 nitrogen and oxygen atoms in total. The van der Waals surface area contributed by atoms with Gasteiger partial charge in [-0.2, -0.15) is 11.8 Å². The average molecular weight is 306 g/mol. The van der Waals surface area contributed by atoms with Crippen LogP contribution in [0.1, 0.15) is 26.2 Å². The Balaban J connectivity index is 4.57. The van der Waals surface area contributed by atoms with E-state index in [0.717, 1.165) is 12.2 Å². The molecule has 0 aliphatic carbocycles. The first kappa shape index (κ1) is 18.6. The van der Waals surface area contributed by atoms with Gasteiger partial charge in [-0.1, -0.05) is 6.92 Å². The Bertz CT molecular complexity index is 351. The van der Waals surface area contributed by atoms with E-state index in [9.17, 15) is 14.4 Å². The molecule has 20 heavy (non-hydrogen) atoms. The quantitative estimate of drug-likeness (QED) is 0.588. The summed E-state index contributed by atoms with van der Waals surface area (Å²) < 4.78 is 0. The van der Waals surface area contributed by atoms with Gasteiger partial charge in [0.25, 0.3) is 0 Å². The van der Waals surface area contributed by atoms with Gasteiger partial charge in [0.2, 0.25) is 0 Å². The first-order valence-electron chi connectivity index (χ1n) is 6.30. The zero-order valence-electron chi connectivity index (χ0n) is 12.0. The molecule has 0 aromatic rings. The first-order chi connectivity index (χ1) is 9.33. The van der Waals surface area contributed by atoms with Crippen molar-refractivity contribution in [3.05, 3.63) is 0 Å². The number of nitrogens with zero attached hydrogens (tertiary/aromatic N) is 1. The summed E-state index contributed by atoms with van der Waals surface area (Å²) in [6.45, 7) is 1.95. The van der Waals surface area contributed by atoms with Crippen molar-refractivity contribution in [3.8, 4) is 0 Å². The van der Waals surface area contributed by atoms with Crippen molar-refractivity contribution in [1.82, 2.24) is 10.2 Å². The predicted octanol–water partition coefficient (Wildman–Crippen LogP) is 1.09. The zero-order chi connectivity index (χ0) is 15.7. The van der Waals surface area contributed by atoms with Crippen LogP contribution in [0.4, 0.5) is 4.79 Å². The van der Waals surface area contributed by atoms with E-state index in [-0.39, 0.29) is 18.9 Å². The summed E-state index contributed by atoms with van der Waals surface area (Å²) in [7, 11) is 1.61. The van der Waals surface area contributed by atoms with Crippen molar-refractivity contribution in [2.75, 3.05) is 19.1 Å². The Morgan fingerprint density at radius 2 is 1.90 bits per heavy atom. The fourth-order valence-electron chi connectivity index (χ4n) is 1.64. The minimum atomic E-state index is -1.23. The first-order valence-corrected chi connectivity index (χ1v) is 7.69. The predicted molar refractivity (Wildman–Crippen MR) is 77.0 cm³/mol. The number of hydrogen-bond acceptors (Lipinski definition) is 4. The highest BCUT2D eigenvalue weighted by molar-refractivity contribution is 7.98. The largest absolute Gasteiger partial charge is 0.481 e. The smallest absolute Gasteiger partial charge is 0.326 e. The van der Waals surface area contributed by atoms with Crippen LogP contribution < -0.4 is 5.32 Å². The molecule has 116 valence electrons. The maximum atomic E-state index is 12.0. The number of carbonyl (C=O) groups is 3. The molecule has 0 aromatic heterocycles. The molecular weight excluding hydrogens is 284 g/mol. The second-order valence-corrected chi connectivity index (χ2v) is 5.31. The van der Waals surface area contributed by atoms with Crippen molar-refractivity contribution in [3.63, 3.8) is 0 Å². The summed E-state index contributed by atoms with van der Waals surface area (Å²) in [6, 6.07) is -1.67. The van der Waals surface area contributed by atoms with Crippen LogP contribution in [-0.4, -0.2) is 64.2 Å². The molecule has 2 amide bonds. The van der Waals surface area contributed by atoms with Crippen LogP contribution in [0.2, 0.25) is 0 Å². The second kappa shape index (κ2) is 9.46. The van der Waals surface area contributed by atoms with Crippen LogP contribution >= 0.6 is 11.8 Å².